The molecular formula is C23H26N4O4. The number of nitrogens with zero attached hydrogens (tertiary/aromatic N) is 2. The van der Waals surface area contributed by atoms with Gasteiger partial charge in [0, 0.05) is 31.3 Å². The van der Waals surface area contributed by atoms with Gasteiger partial charge < -0.3 is 24.7 Å². The van der Waals surface area contributed by atoms with Crippen LogP contribution in [-0.4, -0.2) is 43.2 Å². The van der Waals surface area contributed by atoms with Crippen LogP contribution in [0.2, 0.25) is 0 Å². The molecule has 162 valence electrons. The van der Waals surface area contributed by atoms with Gasteiger partial charge in [-0.15, -0.1) is 0 Å². The summed E-state index contributed by atoms with van der Waals surface area (Å²) >= 11 is 0. The summed E-state index contributed by atoms with van der Waals surface area (Å²) in [6.45, 7) is 1.52. The maximum Gasteiger partial charge on any atom is 0.291 e. The molecule has 1 amide bonds. The lowest BCUT2D eigenvalue weighted by Gasteiger charge is -2.32. The Bertz CT molecular complexity index is 1140. The smallest absolute Gasteiger partial charge is 0.291 e. The number of H-pyrrole nitrogens is 1. The summed E-state index contributed by atoms with van der Waals surface area (Å²) in [5.74, 6) is 1.47. The number of anilines is 1. The molecule has 4 rings (SSSR count). The highest BCUT2D eigenvalue weighted by Gasteiger charge is 2.28. The molecule has 2 heterocycles. The van der Waals surface area contributed by atoms with Gasteiger partial charge in [0.1, 0.15) is 11.5 Å². The zero-order valence-corrected chi connectivity index (χ0v) is 17.7. The number of carbonyl (C=O) groups excluding carboxylic acids is 1. The van der Waals surface area contributed by atoms with Crippen LogP contribution in [0.1, 0.15) is 18.4 Å². The molecule has 0 bridgehead atoms. The van der Waals surface area contributed by atoms with Crippen molar-refractivity contribution >= 4 is 22.8 Å². The molecule has 31 heavy (non-hydrogen) atoms. The second-order valence-electron chi connectivity index (χ2n) is 7.59. The van der Waals surface area contributed by atoms with E-state index in [2.05, 4.69) is 15.3 Å². The Morgan fingerprint density at radius 2 is 2.06 bits per heavy atom. The van der Waals surface area contributed by atoms with Gasteiger partial charge >= 0.3 is 0 Å². The van der Waals surface area contributed by atoms with Gasteiger partial charge in [-0.3, -0.25) is 9.59 Å². The average molecular weight is 422 g/mol. The summed E-state index contributed by atoms with van der Waals surface area (Å²) in [5, 5.41) is 3.00. The second kappa shape index (κ2) is 9.07. The number of aromatic amines is 1. The van der Waals surface area contributed by atoms with Crippen molar-refractivity contribution < 1.29 is 14.3 Å². The molecule has 1 aliphatic heterocycles. The molecule has 1 aliphatic rings. The van der Waals surface area contributed by atoms with Crippen molar-refractivity contribution in [2.24, 2.45) is 5.92 Å². The Hall–Kier alpha value is -3.55. The van der Waals surface area contributed by atoms with Crippen molar-refractivity contribution in [3.63, 3.8) is 0 Å². The number of para-hydroxylation sites is 2. The van der Waals surface area contributed by atoms with Gasteiger partial charge in [-0.25, -0.2) is 4.98 Å². The lowest BCUT2D eigenvalue weighted by Crippen LogP contribution is -2.44. The normalized spacial score (nSPS) is 16.2. The van der Waals surface area contributed by atoms with Crippen LogP contribution in [0.4, 0.5) is 5.82 Å². The second-order valence-corrected chi connectivity index (χ2v) is 7.59. The lowest BCUT2D eigenvalue weighted by molar-refractivity contribution is -0.125. The number of piperidine rings is 1. The van der Waals surface area contributed by atoms with E-state index in [0.29, 0.717) is 42.5 Å². The quantitative estimate of drug-likeness (QED) is 0.634. The Labute approximate surface area is 180 Å². The van der Waals surface area contributed by atoms with Crippen molar-refractivity contribution in [2.45, 2.75) is 19.4 Å². The number of hydrogen-bond donors (Lipinski definition) is 2. The predicted molar refractivity (Wildman–Crippen MR) is 119 cm³/mol. The fraction of sp³-hybridized carbons (Fsp3) is 0.348. The van der Waals surface area contributed by atoms with E-state index in [0.717, 1.165) is 23.9 Å². The molecular weight excluding hydrogens is 396 g/mol. The van der Waals surface area contributed by atoms with E-state index in [-0.39, 0.29) is 17.4 Å². The number of benzene rings is 2. The van der Waals surface area contributed by atoms with Crippen LogP contribution < -0.4 is 25.2 Å². The highest BCUT2D eigenvalue weighted by atomic mass is 16.5. The molecule has 0 radical (unpaired) electrons. The number of carbonyl (C=O) groups is 1. The minimum Gasteiger partial charge on any atom is -0.497 e. The third-order valence-electron chi connectivity index (χ3n) is 5.62. The van der Waals surface area contributed by atoms with E-state index in [1.54, 1.807) is 20.3 Å². The van der Waals surface area contributed by atoms with Crippen molar-refractivity contribution in [3.8, 4) is 11.5 Å². The highest BCUT2D eigenvalue weighted by molar-refractivity contribution is 5.80. The summed E-state index contributed by atoms with van der Waals surface area (Å²) in [7, 11) is 3.19. The number of methoxy groups -OCH3 is 2. The Kier molecular flexibility index (Phi) is 6.06. The van der Waals surface area contributed by atoms with Crippen LogP contribution in [0.5, 0.6) is 11.5 Å². The molecule has 1 atom stereocenters. The summed E-state index contributed by atoms with van der Waals surface area (Å²) in [5.41, 5.74) is 2.07. The van der Waals surface area contributed by atoms with E-state index in [1.807, 2.05) is 41.3 Å². The third-order valence-corrected chi connectivity index (χ3v) is 5.62. The first-order valence-electron chi connectivity index (χ1n) is 10.3. The van der Waals surface area contributed by atoms with Gasteiger partial charge in [-0.2, -0.15) is 0 Å². The van der Waals surface area contributed by atoms with E-state index >= 15 is 0 Å². The van der Waals surface area contributed by atoms with Crippen LogP contribution >= 0.6 is 0 Å². The molecule has 3 aromatic rings. The molecule has 8 nitrogen and oxygen atoms in total. The van der Waals surface area contributed by atoms with Crippen LogP contribution in [0.3, 0.4) is 0 Å². The van der Waals surface area contributed by atoms with Gasteiger partial charge in [0.2, 0.25) is 5.91 Å². The molecule has 0 aliphatic carbocycles. The third kappa shape index (κ3) is 4.47. The molecule has 1 saturated heterocycles. The van der Waals surface area contributed by atoms with Crippen molar-refractivity contribution in [1.29, 1.82) is 0 Å². The van der Waals surface area contributed by atoms with Crippen molar-refractivity contribution in [1.82, 2.24) is 15.3 Å². The number of aromatic nitrogens is 2. The fourth-order valence-corrected chi connectivity index (χ4v) is 3.94. The zero-order valence-electron chi connectivity index (χ0n) is 17.7. The largest absolute Gasteiger partial charge is 0.497 e. The predicted octanol–water partition coefficient (Wildman–Crippen LogP) is 2.47. The molecule has 1 fully saturated rings. The number of rotatable bonds is 6. The molecule has 0 unspecified atom stereocenters. The molecule has 1 aromatic heterocycles. The minimum absolute atomic E-state index is 0.0419. The van der Waals surface area contributed by atoms with Crippen molar-refractivity contribution in [2.75, 3.05) is 32.2 Å². The maximum absolute atomic E-state index is 12.9. The zero-order chi connectivity index (χ0) is 21.8. The number of nitrogens with one attached hydrogen (secondary N) is 2. The SMILES string of the molecule is COc1ccc(CNC(=O)[C@@H]2CCCN(c3nc4ccccc4[nH]c3=O)C2)c(OC)c1. The van der Waals surface area contributed by atoms with Gasteiger partial charge in [0.05, 0.1) is 31.2 Å². The first-order chi connectivity index (χ1) is 15.1. The van der Waals surface area contributed by atoms with E-state index in [4.69, 9.17) is 9.47 Å². The topological polar surface area (TPSA) is 96.5 Å². The number of amides is 1. The molecule has 0 spiro atoms. The van der Waals surface area contributed by atoms with Crippen molar-refractivity contribution in [3.05, 3.63) is 58.4 Å². The van der Waals surface area contributed by atoms with Gasteiger partial charge in [0.25, 0.3) is 5.56 Å². The van der Waals surface area contributed by atoms with Crippen LogP contribution in [-0.2, 0) is 11.3 Å². The number of ether oxygens (including phenoxy) is 2. The van der Waals surface area contributed by atoms with Gasteiger partial charge in [-0.1, -0.05) is 12.1 Å². The molecule has 2 aromatic carbocycles. The maximum atomic E-state index is 12.9. The standard InChI is InChI=1S/C23H26N4O4/c1-30-17-10-9-15(20(12-17)31-2)13-24-22(28)16-6-5-11-27(14-16)21-23(29)26-19-8-4-3-7-18(19)25-21/h3-4,7-10,12,16H,5-6,11,13-14H2,1-2H3,(H,24,28)(H,26,29)/t16-/m1/s1. The van der Waals surface area contributed by atoms with Gasteiger partial charge in [-0.05, 0) is 37.1 Å². The monoisotopic (exact) mass is 422 g/mol. The molecule has 8 heteroatoms. The number of fused-ring (bicyclic) bond motifs is 1. The first kappa shape index (κ1) is 20.7. The number of hydrogen-bond acceptors (Lipinski definition) is 6. The Morgan fingerprint density at radius 3 is 2.87 bits per heavy atom. The summed E-state index contributed by atoms with van der Waals surface area (Å²) in [6.07, 6.45) is 1.59. The summed E-state index contributed by atoms with van der Waals surface area (Å²) in [4.78, 5) is 34.8. The van der Waals surface area contributed by atoms with Crippen LogP contribution in [0.25, 0.3) is 11.0 Å². The molecule has 2 N–H and O–H groups in total. The average Bonchev–Trinajstić information content (AvgIpc) is 2.82. The van der Waals surface area contributed by atoms with E-state index in [1.165, 1.54) is 0 Å². The Balaban J connectivity index is 1.45. The van der Waals surface area contributed by atoms with Crippen LogP contribution in [0.15, 0.2) is 47.3 Å². The summed E-state index contributed by atoms with van der Waals surface area (Å²) < 4.78 is 10.6. The van der Waals surface area contributed by atoms with Crippen LogP contribution in [0, 0.1) is 5.92 Å². The van der Waals surface area contributed by atoms with E-state index < -0.39 is 0 Å². The van der Waals surface area contributed by atoms with E-state index in [9.17, 15) is 9.59 Å². The Morgan fingerprint density at radius 1 is 1.23 bits per heavy atom. The van der Waals surface area contributed by atoms with Gasteiger partial charge in [0.15, 0.2) is 5.82 Å². The molecule has 0 saturated carbocycles. The highest BCUT2D eigenvalue weighted by Crippen LogP contribution is 2.25. The fourth-order valence-electron chi connectivity index (χ4n) is 3.94. The first-order valence-corrected chi connectivity index (χ1v) is 10.3. The lowest BCUT2D eigenvalue weighted by atomic mass is 9.97. The minimum atomic E-state index is -0.234. The summed E-state index contributed by atoms with van der Waals surface area (Å²) in [6, 6.07) is 12.9.